The van der Waals surface area contributed by atoms with E-state index in [1.165, 1.54) is 17.7 Å². The lowest BCUT2D eigenvalue weighted by Gasteiger charge is -2.42. The lowest BCUT2D eigenvalue weighted by molar-refractivity contribution is -0.140. The van der Waals surface area contributed by atoms with Gasteiger partial charge in [0, 0.05) is 60.7 Å². The maximum atomic E-state index is 15.1. The molecule has 3 heterocycles. The van der Waals surface area contributed by atoms with Crippen LogP contribution in [0.5, 0.6) is 0 Å². The van der Waals surface area contributed by atoms with Gasteiger partial charge >= 0.3 is 0 Å². The minimum atomic E-state index is -0.607. The van der Waals surface area contributed by atoms with E-state index in [1.54, 1.807) is 6.92 Å². The Hall–Kier alpha value is -2.51. The number of hydrogen-bond acceptors (Lipinski definition) is 3. The summed E-state index contributed by atoms with van der Waals surface area (Å²) in [4.78, 5) is 33.5. The maximum Gasteiger partial charge on any atom is 0.228 e. The fraction of sp³-hybridized carbons (Fsp3) is 0.611. The van der Waals surface area contributed by atoms with Gasteiger partial charge in [-0.3, -0.25) is 14.5 Å². The van der Waals surface area contributed by atoms with Crippen molar-refractivity contribution in [3.63, 3.8) is 0 Å². The number of rotatable bonds is 6. The molecule has 3 aliphatic heterocycles. The number of piperidine rings is 1. The van der Waals surface area contributed by atoms with Crippen LogP contribution in [0.3, 0.4) is 0 Å². The Labute approximate surface area is 266 Å². The van der Waals surface area contributed by atoms with Crippen molar-refractivity contribution in [1.29, 1.82) is 0 Å². The molecule has 0 N–H and O–H groups in total. The van der Waals surface area contributed by atoms with Crippen LogP contribution >= 0.6 is 11.6 Å². The second kappa shape index (κ2) is 12.4. The molecule has 0 aromatic heterocycles. The van der Waals surface area contributed by atoms with E-state index < -0.39 is 17.6 Å². The van der Waals surface area contributed by atoms with Crippen molar-refractivity contribution in [2.24, 2.45) is 5.92 Å². The molecule has 5 nitrogen and oxygen atoms in total. The minimum absolute atomic E-state index is 0.0412. The van der Waals surface area contributed by atoms with Gasteiger partial charge in [-0.2, -0.15) is 0 Å². The van der Waals surface area contributed by atoms with Crippen LogP contribution in [0.25, 0.3) is 0 Å². The Morgan fingerprint density at radius 2 is 1.61 bits per heavy atom. The third-order valence-corrected chi connectivity index (χ3v) is 10.9. The van der Waals surface area contributed by atoms with Crippen molar-refractivity contribution >= 4 is 23.4 Å². The Morgan fingerprint density at radius 3 is 2.16 bits per heavy atom. The fourth-order valence-corrected chi connectivity index (χ4v) is 8.54. The van der Waals surface area contributed by atoms with Crippen LogP contribution in [0, 0.1) is 24.5 Å². The Bertz CT molecular complexity index is 1410. The lowest BCUT2D eigenvalue weighted by atomic mass is 9.79. The summed E-state index contributed by atoms with van der Waals surface area (Å²) >= 11 is 6.71. The van der Waals surface area contributed by atoms with Gasteiger partial charge in [0.1, 0.15) is 11.6 Å². The van der Waals surface area contributed by atoms with Crippen LogP contribution in [0.15, 0.2) is 30.3 Å². The van der Waals surface area contributed by atoms with Crippen molar-refractivity contribution in [3.05, 3.63) is 69.2 Å². The molecule has 44 heavy (non-hydrogen) atoms. The first-order valence-electron chi connectivity index (χ1n) is 16.2. The Morgan fingerprint density at radius 1 is 0.977 bits per heavy atom. The van der Waals surface area contributed by atoms with Gasteiger partial charge in [0.15, 0.2) is 0 Å². The fourth-order valence-electron chi connectivity index (χ4n) is 8.37. The predicted molar refractivity (Wildman–Crippen MR) is 172 cm³/mol. The molecule has 5 unspecified atom stereocenters. The largest absolute Gasteiger partial charge is 0.336 e. The van der Waals surface area contributed by atoms with Crippen LogP contribution in [0.1, 0.15) is 114 Å². The molecule has 0 aliphatic carbocycles. The molecular weight excluding hydrogens is 580 g/mol. The van der Waals surface area contributed by atoms with E-state index in [2.05, 4.69) is 49.6 Å². The van der Waals surface area contributed by atoms with E-state index in [4.69, 9.17) is 11.6 Å². The molecule has 5 rings (SSSR count). The van der Waals surface area contributed by atoms with Crippen LogP contribution in [0.4, 0.5) is 8.78 Å². The minimum Gasteiger partial charge on any atom is -0.336 e. The summed E-state index contributed by atoms with van der Waals surface area (Å²) < 4.78 is 28.9. The summed E-state index contributed by atoms with van der Waals surface area (Å²) in [6.45, 7) is 17.3. The summed E-state index contributed by atoms with van der Waals surface area (Å²) in [7, 11) is 0. The van der Waals surface area contributed by atoms with E-state index in [1.807, 2.05) is 25.7 Å². The quantitative estimate of drug-likeness (QED) is 0.326. The number of fused-ring (bicyclic) bond motifs is 2. The molecule has 2 bridgehead atoms. The molecule has 8 heteroatoms. The third kappa shape index (κ3) is 6.16. The third-order valence-electron chi connectivity index (χ3n) is 10.5. The second-order valence-electron chi connectivity index (χ2n) is 14.7. The van der Waals surface area contributed by atoms with E-state index in [0.717, 1.165) is 47.9 Å². The smallest absolute Gasteiger partial charge is 0.228 e. The van der Waals surface area contributed by atoms with E-state index in [9.17, 15) is 14.0 Å². The van der Waals surface area contributed by atoms with Gasteiger partial charge in [-0.1, -0.05) is 23.7 Å². The van der Waals surface area contributed by atoms with Crippen molar-refractivity contribution in [3.8, 4) is 0 Å². The number of nitrogens with zero attached hydrogens (tertiary/aromatic N) is 3. The molecule has 0 saturated carbocycles. The lowest BCUT2D eigenvalue weighted by Crippen LogP contribution is -2.50. The molecule has 3 aliphatic rings. The molecule has 0 spiro atoms. The molecule has 3 fully saturated rings. The first-order valence-corrected chi connectivity index (χ1v) is 16.6. The molecular formula is C36H48ClF2N3O2. The Kier molecular flexibility index (Phi) is 9.23. The molecule has 240 valence electrons. The number of benzene rings is 2. The van der Waals surface area contributed by atoms with Crippen molar-refractivity contribution in [2.45, 2.75) is 123 Å². The number of amides is 2. The van der Waals surface area contributed by atoms with Crippen LogP contribution in [0.2, 0.25) is 5.02 Å². The second-order valence-corrected chi connectivity index (χ2v) is 15.1. The van der Waals surface area contributed by atoms with Crippen LogP contribution in [-0.4, -0.2) is 63.3 Å². The average Bonchev–Trinajstić information content (AvgIpc) is 3.48. The maximum absolute atomic E-state index is 15.1. The number of carbonyl (C=O) groups is 2. The van der Waals surface area contributed by atoms with Crippen LogP contribution in [-0.2, 0) is 9.59 Å². The number of hydrogen-bond donors (Lipinski definition) is 0. The van der Waals surface area contributed by atoms with Gasteiger partial charge in [-0.15, -0.1) is 0 Å². The van der Waals surface area contributed by atoms with Gasteiger partial charge < -0.3 is 9.80 Å². The zero-order chi connectivity index (χ0) is 32.2. The van der Waals surface area contributed by atoms with E-state index >= 15 is 4.39 Å². The summed E-state index contributed by atoms with van der Waals surface area (Å²) in [5.41, 5.74) is 3.53. The number of carbonyl (C=O) groups excluding carboxylic acids is 2. The first kappa shape index (κ1) is 32.9. The molecule has 5 atom stereocenters. The van der Waals surface area contributed by atoms with E-state index in [-0.39, 0.29) is 53.4 Å². The molecule has 2 aromatic carbocycles. The highest BCUT2D eigenvalue weighted by Crippen LogP contribution is 2.48. The molecule has 2 aromatic rings. The van der Waals surface area contributed by atoms with Crippen molar-refractivity contribution in [1.82, 2.24) is 14.7 Å². The van der Waals surface area contributed by atoms with Crippen molar-refractivity contribution < 1.29 is 18.4 Å². The highest BCUT2D eigenvalue weighted by Gasteiger charge is 2.50. The normalized spacial score (nSPS) is 26.4. The van der Waals surface area contributed by atoms with Gasteiger partial charge in [-0.25, -0.2) is 8.78 Å². The van der Waals surface area contributed by atoms with Crippen LogP contribution < -0.4 is 0 Å². The average molecular weight is 628 g/mol. The number of aryl methyl sites for hydroxylation is 1. The van der Waals surface area contributed by atoms with Gasteiger partial charge in [0.25, 0.3) is 0 Å². The van der Waals surface area contributed by atoms with Gasteiger partial charge in [-0.05, 0) is 114 Å². The highest BCUT2D eigenvalue weighted by molar-refractivity contribution is 6.31. The van der Waals surface area contributed by atoms with Crippen molar-refractivity contribution in [2.75, 3.05) is 13.1 Å². The van der Waals surface area contributed by atoms with Gasteiger partial charge in [0.2, 0.25) is 11.8 Å². The van der Waals surface area contributed by atoms with Gasteiger partial charge in [0.05, 0.1) is 12.0 Å². The Balaban J connectivity index is 1.44. The topological polar surface area (TPSA) is 43.9 Å². The zero-order valence-electron chi connectivity index (χ0n) is 27.5. The summed E-state index contributed by atoms with van der Waals surface area (Å²) in [6.07, 6.45) is 3.53. The predicted octanol–water partition coefficient (Wildman–Crippen LogP) is 8.00. The number of likely N-dealkylation sites (tertiary alicyclic amines) is 1. The highest BCUT2D eigenvalue weighted by atomic mass is 35.5. The molecule has 0 radical (unpaired) electrons. The first-order chi connectivity index (χ1) is 20.6. The monoisotopic (exact) mass is 627 g/mol. The zero-order valence-corrected chi connectivity index (χ0v) is 28.2. The molecule has 2 amide bonds. The summed E-state index contributed by atoms with van der Waals surface area (Å²) in [6, 6.07) is 8.11. The summed E-state index contributed by atoms with van der Waals surface area (Å²) in [5.74, 6) is -1.57. The number of halogens is 3. The SMILES string of the molecule is CC(=O)N(C(C)C)C(C)c1cc(C)c(Cl)cc1C1CC2CCC(C1)N2C(=O)C1CN(C(C)(C)C)CC1c1ccc(F)cc1F. The van der Waals surface area contributed by atoms with E-state index in [0.29, 0.717) is 18.7 Å². The summed E-state index contributed by atoms with van der Waals surface area (Å²) in [5, 5.41) is 0.720. The standard InChI is InChI=1S/C36H48ClF2N3O2/c1-20(2)41(23(5)43)22(4)29-13-21(3)33(37)17-30(29)24-14-26-10-11-27(15-24)42(26)35(44)32-19-40(36(6,7)8)18-31(32)28-12-9-25(38)16-34(28)39/h9,12-13,16-17,20,22,24,26-27,31-32H,10-11,14-15,18-19H2,1-8H3. The molecule has 3 saturated heterocycles.